The predicted molar refractivity (Wildman–Crippen MR) is 94.1 cm³/mol. The minimum absolute atomic E-state index is 0.104. The van der Waals surface area contributed by atoms with E-state index in [1.54, 1.807) is 25.1 Å². The molecule has 1 aliphatic rings. The summed E-state index contributed by atoms with van der Waals surface area (Å²) in [5.41, 5.74) is 0.494. The first-order chi connectivity index (χ1) is 11.4. The number of aromatic amines is 1. The third-order valence-corrected chi connectivity index (χ3v) is 4.93. The Bertz CT molecular complexity index is 812. The molecule has 0 atom stereocenters. The van der Waals surface area contributed by atoms with Gasteiger partial charge in [-0.15, -0.1) is 0 Å². The molecule has 1 fully saturated rings. The summed E-state index contributed by atoms with van der Waals surface area (Å²) in [4.78, 5) is 35.1. The number of halogens is 1. The van der Waals surface area contributed by atoms with Crippen LogP contribution in [0.25, 0.3) is 10.9 Å². The van der Waals surface area contributed by atoms with Crippen LogP contribution in [0.4, 0.5) is 0 Å². The smallest absolute Gasteiger partial charge is 0.258 e. The minimum Gasteiger partial charge on any atom is -0.343 e. The lowest BCUT2D eigenvalue weighted by molar-refractivity contribution is -0.130. The second-order valence-electron chi connectivity index (χ2n) is 6.31. The fourth-order valence-corrected chi connectivity index (χ4v) is 3.34. The Morgan fingerprint density at radius 1 is 1.42 bits per heavy atom. The number of fused-ring (bicyclic) bond motifs is 1. The van der Waals surface area contributed by atoms with Gasteiger partial charge in [-0.25, -0.2) is 4.98 Å². The molecule has 1 saturated heterocycles. The standard InChI is InChI=1S/C17H21ClN4O2/c1-11(23)21(2)13-5-7-22(8-6-13)10-16-19-15-4-3-12(18)9-14(15)17(24)20-16/h3-4,9,13H,5-8,10H2,1-2H3,(H,19,20,24). The van der Waals surface area contributed by atoms with Crippen molar-refractivity contribution in [2.75, 3.05) is 20.1 Å². The van der Waals surface area contributed by atoms with Gasteiger partial charge in [0.2, 0.25) is 5.91 Å². The lowest BCUT2D eigenvalue weighted by Gasteiger charge is -2.36. The molecule has 0 unspecified atom stereocenters. The average Bonchev–Trinajstić information content (AvgIpc) is 2.55. The lowest BCUT2D eigenvalue weighted by atomic mass is 10.0. The van der Waals surface area contributed by atoms with Gasteiger partial charge in [0, 0.05) is 38.1 Å². The Kier molecular flexibility index (Phi) is 4.87. The minimum atomic E-state index is -0.163. The van der Waals surface area contributed by atoms with Crippen molar-refractivity contribution in [2.24, 2.45) is 0 Å². The van der Waals surface area contributed by atoms with Crippen molar-refractivity contribution in [1.82, 2.24) is 19.8 Å². The van der Waals surface area contributed by atoms with E-state index in [2.05, 4.69) is 14.9 Å². The summed E-state index contributed by atoms with van der Waals surface area (Å²) >= 11 is 5.93. The summed E-state index contributed by atoms with van der Waals surface area (Å²) in [7, 11) is 1.86. The number of benzene rings is 1. The largest absolute Gasteiger partial charge is 0.343 e. The number of likely N-dealkylation sites (tertiary alicyclic amines) is 1. The molecule has 128 valence electrons. The van der Waals surface area contributed by atoms with Gasteiger partial charge in [-0.2, -0.15) is 0 Å². The molecule has 1 aromatic carbocycles. The Balaban J connectivity index is 1.69. The molecule has 3 rings (SSSR count). The Morgan fingerprint density at radius 3 is 2.79 bits per heavy atom. The van der Waals surface area contributed by atoms with Gasteiger partial charge in [-0.1, -0.05) is 11.6 Å². The number of H-pyrrole nitrogens is 1. The molecule has 1 aromatic heterocycles. The van der Waals surface area contributed by atoms with Crippen LogP contribution < -0.4 is 5.56 Å². The van der Waals surface area contributed by atoms with E-state index < -0.39 is 0 Å². The van der Waals surface area contributed by atoms with Crippen LogP contribution in [-0.4, -0.2) is 51.9 Å². The van der Waals surface area contributed by atoms with Gasteiger partial charge in [0.1, 0.15) is 5.82 Å². The highest BCUT2D eigenvalue weighted by molar-refractivity contribution is 6.31. The molecule has 6 nitrogen and oxygen atoms in total. The summed E-state index contributed by atoms with van der Waals surface area (Å²) in [6, 6.07) is 5.44. The predicted octanol–water partition coefficient (Wildman–Crippen LogP) is 2.02. The van der Waals surface area contributed by atoms with Crippen LogP contribution in [0, 0.1) is 0 Å². The first kappa shape index (κ1) is 16.9. The molecule has 1 amide bonds. The summed E-state index contributed by atoms with van der Waals surface area (Å²) in [5.74, 6) is 0.765. The maximum Gasteiger partial charge on any atom is 0.258 e. The normalized spacial score (nSPS) is 16.5. The molecular formula is C17H21ClN4O2. The van der Waals surface area contributed by atoms with Gasteiger partial charge in [-0.05, 0) is 31.0 Å². The highest BCUT2D eigenvalue weighted by Gasteiger charge is 2.24. The number of nitrogens with one attached hydrogen (secondary N) is 1. The molecule has 0 saturated carbocycles. The molecule has 7 heteroatoms. The molecule has 0 bridgehead atoms. The Morgan fingerprint density at radius 2 is 2.12 bits per heavy atom. The first-order valence-electron chi connectivity index (χ1n) is 8.08. The SMILES string of the molecule is CC(=O)N(C)C1CCN(Cc2nc3ccc(Cl)cc3c(=O)[nH]2)CC1. The molecular weight excluding hydrogens is 328 g/mol. The zero-order valence-corrected chi connectivity index (χ0v) is 14.6. The molecule has 0 aliphatic carbocycles. The second-order valence-corrected chi connectivity index (χ2v) is 6.75. The van der Waals surface area contributed by atoms with Crippen LogP contribution in [0.15, 0.2) is 23.0 Å². The molecule has 1 N–H and O–H groups in total. The Hall–Kier alpha value is -1.92. The van der Waals surface area contributed by atoms with Crippen molar-refractivity contribution >= 4 is 28.4 Å². The maximum absolute atomic E-state index is 12.2. The van der Waals surface area contributed by atoms with Crippen molar-refractivity contribution in [3.05, 3.63) is 39.4 Å². The van der Waals surface area contributed by atoms with Gasteiger partial charge < -0.3 is 9.88 Å². The zero-order chi connectivity index (χ0) is 17.3. The van der Waals surface area contributed by atoms with Gasteiger partial charge >= 0.3 is 0 Å². The first-order valence-corrected chi connectivity index (χ1v) is 8.46. The molecule has 0 spiro atoms. The monoisotopic (exact) mass is 348 g/mol. The number of carbonyl (C=O) groups excluding carboxylic acids is 1. The number of hydrogen-bond donors (Lipinski definition) is 1. The van der Waals surface area contributed by atoms with Crippen molar-refractivity contribution in [2.45, 2.75) is 32.4 Å². The van der Waals surface area contributed by atoms with Gasteiger partial charge in [0.05, 0.1) is 17.4 Å². The fourth-order valence-electron chi connectivity index (χ4n) is 3.17. The van der Waals surface area contributed by atoms with E-state index in [4.69, 9.17) is 11.6 Å². The van der Waals surface area contributed by atoms with Gasteiger partial charge in [0.25, 0.3) is 5.56 Å². The third kappa shape index (κ3) is 3.60. The van der Waals surface area contributed by atoms with Gasteiger partial charge in [-0.3, -0.25) is 14.5 Å². The maximum atomic E-state index is 12.2. The molecule has 0 radical (unpaired) electrons. The van der Waals surface area contributed by atoms with Gasteiger partial charge in [0.15, 0.2) is 0 Å². The van der Waals surface area contributed by atoms with Crippen molar-refractivity contribution in [3.63, 3.8) is 0 Å². The Labute approximate surface area is 145 Å². The highest BCUT2D eigenvalue weighted by Crippen LogP contribution is 2.18. The van der Waals surface area contributed by atoms with Crippen molar-refractivity contribution < 1.29 is 4.79 Å². The number of hydrogen-bond acceptors (Lipinski definition) is 4. The second kappa shape index (κ2) is 6.91. The number of rotatable bonds is 3. The van der Waals surface area contributed by atoms with E-state index in [1.165, 1.54) is 0 Å². The number of nitrogens with zero attached hydrogens (tertiary/aromatic N) is 3. The zero-order valence-electron chi connectivity index (χ0n) is 13.9. The summed E-state index contributed by atoms with van der Waals surface area (Å²) in [6.45, 7) is 3.96. The lowest BCUT2D eigenvalue weighted by Crippen LogP contribution is -2.44. The van der Waals surface area contributed by atoms with E-state index in [-0.39, 0.29) is 11.5 Å². The van der Waals surface area contributed by atoms with Crippen molar-refractivity contribution in [3.8, 4) is 0 Å². The van der Waals surface area contributed by atoms with E-state index in [1.807, 2.05) is 11.9 Å². The van der Waals surface area contributed by atoms with Crippen LogP contribution in [-0.2, 0) is 11.3 Å². The van der Waals surface area contributed by atoms with Crippen LogP contribution in [0.2, 0.25) is 5.02 Å². The summed E-state index contributed by atoms with van der Waals surface area (Å²) in [5, 5.41) is 1.03. The van der Waals surface area contributed by atoms with Crippen molar-refractivity contribution in [1.29, 1.82) is 0 Å². The fraction of sp³-hybridized carbons (Fsp3) is 0.471. The number of aromatic nitrogens is 2. The molecule has 24 heavy (non-hydrogen) atoms. The molecule has 2 heterocycles. The van der Waals surface area contributed by atoms with Crippen LogP contribution in [0.3, 0.4) is 0 Å². The van der Waals surface area contributed by atoms with E-state index in [0.717, 1.165) is 25.9 Å². The topological polar surface area (TPSA) is 69.3 Å². The van der Waals surface area contributed by atoms with Crippen LogP contribution in [0.1, 0.15) is 25.6 Å². The third-order valence-electron chi connectivity index (χ3n) is 4.69. The number of amides is 1. The van der Waals surface area contributed by atoms with E-state index in [9.17, 15) is 9.59 Å². The highest BCUT2D eigenvalue weighted by atomic mass is 35.5. The molecule has 2 aromatic rings. The summed E-state index contributed by atoms with van der Waals surface area (Å²) < 4.78 is 0. The van der Waals surface area contributed by atoms with E-state index in [0.29, 0.717) is 34.3 Å². The van der Waals surface area contributed by atoms with E-state index >= 15 is 0 Å². The summed E-state index contributed by atoms with van der Waals surface area (Å²) in [6.07, 6.45) is 1.87. The molecule has 1 aliphatic heterocycles. The average molecular weight is 349 g/mol. The number of piperidine rings is 1. The quantitative estimate of drug-likeness (QED) is 0.921. The number of carbonyl (C=O) groups is 1. The van der Waals surface area contributed by atoms with Crippen LogP contribution in [0.5, 0.6) is 0 Å². The van der Waals surface area contributed by atoms with Crippen LogP contribution >= 0.6 is 11.6 Å².